The number of aromatic hydroxyl groups is 1. The van der Waals surface area contributed by atoms with Crippen molar-refractivity contribution in [3.8, 4) is 23.0 Å². The average Bonchev–Trinajstić information content (AvgIpc) is 2.97. The molecule has 10 unspecified atom stereocenters. The molecule has 0 aromatic heterocycles. The molecule has 2 aromatic rings. The first-order chi connectivity index (χ1) is 19.6. The Kier molecular flexibility index (Phi) is 10.0. The van der Waals surface area contributed by atoms with Crippen LogP contribution in [0.2, 0.25) is 0 Å². The number of phenols is 1. The molecule has 0 aliphatic carbocycles. The van der Waals surface area contributed by atoms with Gasteiger partial charge in [-0.15, -0.1) is 0 Å². The molecule has 0 spiro atoms. The Morgan fingerprint density at radius 3 is 1.61 bits per heavy atom. The largest absolute Gasteiger partial charge is 0.504 e. The molecule has 0 amide bonds. The monoisotopic (exact) mass is 582 g/mol. The minimum atomic E-state index is -1.69. The number of phenolic OH excluding ortho intramolecular Hbond substituents is 1. The molecule has 4 rings (SSSR count). The van der Waals surface area contributed by atoms with Gasteiger partial charge >= 0.3 is 0 Å². The Bertz CT molecular complexity index is 1130. The lowest BCUT2D eigenvalue weighted by Crippen LogP contribution is -2.60. The maximum Gasteiger partial charge on any atom is 0.229 e. The molecule has 0 saturated carbocycles. The van der Waals surface area contributed by atoms with Gasteiger partial charge < -0.3 is 69.6 Å². The van der Waals surface area contributed by atoms with Crippen LogP contribution in [0.25, 0.3) is 12.2 Å². The smallest absolute Gasteiger partial charge is 0.229 e. The van der Waals surface area contributed by atoms with Gasteiger partial charge in [-0.1, -0.05) is 18.2 Å². The number of hydrogen-bond acceptors (Lipinski definition) is 14. The van der Waals surface area contributed by atoms with Crippen LogP contribution in [0.15, 0.2) is 36.4 Å². The minimum absolute atomic E-state index is 0.0272. The maximum atomic E-state index is 10.4. The van der Waals surface area contributed by atoms with Gasteiger partial charge in [0, 0.05) is 6.07 Å². The molecular formula is C27H34O14. The van der Waals surface area contributed by atoms with Crippen molar-refractivity contribution in [3.05, 3.63) is 47.5 Å². The molecule has 2 aliphatic heterocycles. The molecule has 0 radical (unpaired) electrons. The van der Waals surface area contributed by atoms with Gasteiger partial charge in [-0.25, -0.2) is 0 Å². The second-order valence-corrected chi connectivity index (χ2v) is 9.63. The highest BCUT2D eigenvalue weighted by Crippen LogP contribution is 2.32. The first-order valence-corrected chi connectivity index (χ1v) is 12.7. The normalized spacial score (nSPS) is 34.0. The number of methoxy groups -OCH3 is 1. The summed E-state index contributed by atoms with van der Waals surface area (Å²) in [6.45, 7) is -1.32. The van der Waals surface area contributed by atoms with Crippen LogP contribution in [0, 0.1) is 0 Å². The first kappa shape index (κ1) is 30.9. The van der Waals surface area contributed by atoms with Crippen molar-refractivity contribution in [1.29, 1.82) is 0 Å². The predicted octanol–water partition coefficient (Wildman–Crippen LogP) is -2.07. The van der Waals surface area contributed by atoms with E-state index >= 15 is 0 Å². The zero-order chi connectivity index (χ0) is 29.8. The van der Waals surface area contributed by atoms with Gasteiger partial charge in [0.25, 0.3) is 0 Å². The van der Waals surface area contributed by atoms with E-state index in [1.807, 2.05) is 0 Å². The second kappa shape index (κ2) is 13.3. The van der Waals surface area contributed by atoms with Crippen LogP contribution in [-0.4, -0.2) is 128 Å². The van der Waals surface area contributed by atoms with E-state index in [2.05, 4.69) is 0 Å². The van der Waals surface area contributed by atoms with Crippen molar-refractivity contribution in [1.82, 2.24) is 0 Å². The molecule has 9 N–H and O–H groups in total. The Hall–Kier alpha value is -3.02. The summed E-state index contributed by atoms with van der Waals surface area (Å²) in [7, 11) is 1.41. The molecule has 0 bridgehead atoms. The third-order valence-electron chi connectivity index (χ3n) is 6.78. The van der Waals surface area contributed by atoms with E-state index in [-0.39, 0.29) is 23.0 Å². The van der Waals surface area contributed by atoms with Crippen molar-refractivity contribution >= 4 is 12.2 Å². The molecule has 2 aliphatic rings. The SMILES string of the molecule is COc1cc(C=Cc2cc(OC3OC(CO)C(O)C(O)C3O)cc(OC3OC(CO)C(O)C(O)C3O)c2)ccc1O. The molecule has 226 valence electrons. The Morgan fingerprint density at radius 2 is 1.15 bits per heavy atom. The first-order valence-electron chi connectivity index (χ1n) is 12.7. The van der Waals surface area contributed by atoms with E-state index in [0.29, 0.717) is 11.1 Å². The van der Waals surface area contributed by atoms with Gasteiger partial charge in [0.2, 0.25) is 12.6 Å². The summed E-state index contributed by atoms with van der Waals surface area (Å²) in [4.78, 5) is 0. The predicted molar refractivity (Wildman–Crippen MR) is 139 cm³/mol. The van der Waals surface area contributed by atoms with Gasteiger partial charge in [-0.2, -0.15) is 0 Å². The van der Waals surface area contributed by atoms with E-state index in [1.165, 1.54) is 31.4 Å². The lowest BCUT2D eigenvalue weighted by molar-refractivity contribution is -0.278. The fraction of sp³-hybridized carbons (Fsp3) is 0.481. The van der Waals surface area contributed by atoms with Crippen LogP contribution < -0.4 is 14.2 Å². The molecule has 14 heteroatoms. The molecule has 2 saturated heterocycles. The number of ether oxygens (including phenoxy) is 5. The van der Waals surface area contributed by atoms with Crippen molar-refractivity contribution < 1.29 is 69.6 Å². The quantitative estimate of drug-likeness (QED) is 0.145. The summed E-state index contributed by atoms with van der Waals surface area (Å²) in [5.41, 5.74) is 1.09. The highest BCUT2D eigenvalue weighted by atomic mass is 16.7. The molecule has 2 fully saturated rings. The standard InChI is InChI=1S/C27H34O14/c1-37-17-8-12(4-5-16(17)30)2-3-13-6-14(38-26-24(35)22(33)20(31)18(10-28)40-26)9-15(7-13)39-27-25(36)23(34)21(32)19(11-29)41-27/h2-9,18-36H,10-11H2,1H3. The number of hydrogen-bond donors (Lipinski definition) is 9. The van der Waals surface area contributed by atoms with Crippen LogP contribution in [-0.2, 0) is 9.47 Å². The van der Waals surface area contributed by atoms with E-state index in [4.69, 9.17) is 23.7 Å². The van der Waals surface area contributed by atoms with Gasteiger partial charge in [0.15, 0.2) is 11.5 Å². The van der Waals surface area contributed by atoms with Crippen LogP contribution in [0.1, 0.15) is 11.1 Å². The second-order valence-electron chi connectivity index (χ2n) is 9.63. The lowest BCUT2D eigenvalue weighted by atomic mass is 9.99. The summed E-state index contributed by atoms with van der Waals surface area (Å²) in [5, 5.41) is 90.0. The molecular weight excluding hydrogens is 548 g/mol. The Morgan fingerprint density at radius 1 is 0.659 bits per heavy atom. The van der Waals surface area contributed by atoms with Gasteiger partial charge in [-0.3, -0.25) is 0 Å². The molecule has 2 aromatic carbocycles. The summed E-state index contributed by atoms with van der Waals surface area (Å²) in [5.74, 6) is 0.256. The highest BCUT2D eigenvalue weighted by Gasteiger charge is 2.46. The molecule has 14 nitrogen and oxygen atoms in total. The summed E-state index contributed by atoms with van der Waals surface area (Å²) >= 11 is 0. The molecule has 10 atom stereocenters. The minimum Gasteiger partial charge on any atom is -0.504 e. The fourth-order valence-corrected chi connectivity index (χ4v) is 4.41. The van der Waals surface area contributed by atoms with Crippen molar-refractivity contribution in [2.24, 2.45) is 0 Å². The van der Waals surface area contributed by atoms with Gasteiger partial charge in [0.1, 0.15) is 60.3 Å². The molecule has 41 heavy (non-hydrogen) atoms. The number of aliphatic hydroxyl groups is 8. The zero-order valence-electron chi connectivity index (χ0n) is 21.9. The number of rotatable bonds is 9. The van der Waals surface area contributed by atoms with Crippen LogP contribution >= 0.6 is 0 Å². The topological polar surface area (TPSA) is 228 Å². The van der Waals surface area contributed by atoms with E-state index in [9.17, 15) is 46.0 Å². The van der Waals surface area contributed by atoms with Crippen molar-refractivity contribution in [2.45, 2.75) is 61.4 Å². The Balaban J connectivity index is 1.64. The number of benzene rings is 2. The van der Waals surface area contributed by atoms with Crippen LogP contribution in [0.3, 0.4) is 0 Å². The van der Waals surface area contributed by atoms with E-state index in [1.54, 1.807) is 24.3 Å². The van der Waals surface area contributed by atoms with Gasteiger partial charge in [-0.05, 0) is 35.4 Å². The van der Waals surface area contributed by atoms with Gasteiger partial charge in [0.05, 0.1) is 20.3 Å². The van der Waals surface area contributed by atoms with E-state index in [0.717, 1.165) is 0 Å². The molecule has 2 heterocycles. The zero-order valence-corrected chi connectivity index (χ0v) is 21.9. The van der Waals surface area contributed by atoms with E-state index < -0.39 is 74.6 Å². The summed E-state index contributed by atoms with van der Waals surface area (Å²) < 4.78 is 27.5. The Labute approximate surface area is 234 Å². The van der Waals surface area contributed by atoms with Crippen LogP contribution in [0.4, 0.5) is 0 Å². The third kappa shape index (κ3) is 6.90. The number of aliphatic hydroxyl groups excluding tert-OH is 8. The highest BCUT2D eigenvalue weighted by molar-refractivity contribution is 5.72. The fourth-order valence-electron chi connectivity index (χ4n) is 4.41. The third-order valence-corrected chi connectivity index (χ3v) is 6.78. The van der Waals surface area contributed by atoms with Crippen molar-refractivity contribution in [2.75, 3.05) is 20.3 Å². The maximum absolute atomic E-state index is 10.4. The summed E-state index contributed by atoms with van der Waals surface area (Å²) in [6, 6.07) is 9.01. The summed E-state index contributed by atoms with van der Waals surface area (Å²) in [6.07, 6.45) is -12.0. The van der Waals surface area contributed by atoms with Crippen molar-refractivity contribution in [3.63, 3.8) is 0 Å². The lowest BCUT2D eigenvalue weighted by Gasteiger charge is -2.40. The van der Waals surface area contributed by atoms with Crippen LogP contribution in [0.5, 0.6) is 23.0 Å². The average molecular weight is 583 g/mol.